The Morgan fingerprint density at radius 2 is 2.36 bits per heavy atom. The van der Waals surface area contributed by atoms with Gasteiger partial charge in [-0.25, -0.2) is 0 Å². The molecule has 1 aliphatic rings. The number of aryl methyl sites for hydroxylation is 1. The van der Waals surface area contributed by atoms with Gasteiger partial charge in [-0.15, -0.1) is 5.10 Å². The molecule has 1 aliphatic carbocycles. The summed E-state index contributed by atoms with van der Waals surface area (Å²) in [5, 5.41) is 11.3. The number of anilines is 1. The van der Waals surface area contributed by atoms with Crippen molar-refractivity contribution in [3.05, 3.63) is 17.8 Å². The first-order valence-electron chi connectivity index (χ1n) is 5.04. The van der Waals surface area contributed by atoms with E-state index in [0.717, 1.165) is 30.8 Å². The van der Waals surface area contributed by atoms with Gasteiger partial charge in [-0.05, 0) is 43.9 Å². The summed E-state index contributed by atoms with van der Waals surface area (Å²) in [5.41, 5.74) is 6.69. The zero-order chi connectivity index (χ0) is 9.97. The zero-order valence-electron chi connectivity index (χ0n) is 8.40. The summed E-state index contributed by atoms with van der Waals surface area (Å²) >= 11 is 0. The van der Waals surface area contributed by atoms with E-state index in [1.807, 2.05) is 13.0 Å². The van der Waals surface area contributed by atoms with Gasteiger partial charge in [0.25, 0.3) is 0 Å². The van der Waals surface area contributed by atoms with Gasteiger partial charge in [-0.3, -0.25) is 0 Å². The molecule has 0 saturated heterocycles. The van der Waals surface area contributed by atoms with Crippen molar-refractivity contribution in [2.75, 3.05) is 11.9 Å². The lowest BCUT2D eigenvalue weighted by atomic mass is 9.80. The summed E-state index contributed by atoms with van der Waals surface area (Å²) in [6.45, 7) is 2.82. The number of nitrogens with zero attached hydrogens (tertiary/aromatic N) is 2. The Labute approximate surface area is 83.9 Å². The summed E-state index contributed by atoms with van der Waals surface area (Å²) in [7, 11) is 0. The molecule has 1 heterocycles. The highest BCUT2D eigenvalue weighted by molar-refractivity contribution is 5.36. The Bertz CT molecular complexity index is 307. The van der Waals surface area contributed by atoms with Crippen LogP contribution in [0, 0.1) is 12.8 Å². The lowest BCUT2D eigenvalue weighted by Crippen LogP contribution is -2.39. The van der Waals surface area contributed by atoms with E-state index in [0.29, 0.717) is 12.0 Å². The molecule has 0 aromatic carbocycles. The maximum absolute atomic E-state index is 5.56. The Balaban J connectivity index is 1.87. The van der Waals surface area contributed by atoms with Crippen LogP contribution in [0.1, 0.15) is 18.4 Å². The minimum Gasteiger partial charge on any atom is -0.366 e. The third kappa shape index (κ3) is 2.01. The molecule has 1 fully saturated rings. The standard InChI is InChI=1S/C10H16N4/c1-7-2-10(14-12-6-7)13-9-3-8(4-9)5-11/h2,6,8-9H,3-5,11H2,1H3,(H,13,14). The highest BCUT2D eigenvalue weighted by Crippen LogP contribution is 2.28. The van der Waals surface area contributed by atoms with Crippen molar-refractivity contribution in [1.29, 1.82) is 0 Å². The molecule has 1 saturated carbocycles. The molecule has 0 aliphatic heterocycles. The molecule has 0 radical (unpaired) electrons. The highest BCUT2D eigenvalue weighted by atomic mass is 15.2. The first-order valence-corrected chi connectivity index (χ1v) is 5.04. The molecule has 0 atom stereocenters. The Hall–Kier alpha value is -1.16. The van der Waals surface area contributed by atoms with Crippen LogP contribution < -0.4 is 11.1 Å². The number of hydrogen-bond acceptors (Lipinski definition) is 4. The van der Waals surface area contributed by atoms with Gasteiger partial charge < -0.3 is 11.1 Å². The van der Waals surface area contributed by atoms with Crippen molar-refractivity contribution in [1.82, 2.24) is 10.2 Å². The van der Waals surface area contributed by atoms with Crippen LogP contribution in [-0.4, -0.2) is 22.8 Å². The van der Waals surface area contributed by atoms with E-state index in [4.69, 9.17) is 5.73 Å². The van der Waals surface area contributed by atoms with Crippen molar-refractivity contribution in [2.45, 2.75) is 25.8 Å². The molecule has 0 unspecified atom stereocenters. The Morgan fingerprint density at radius 1 is 1.57 bits per heavy atom. The third-order valence-electron chi connectivity index (χ3n) is 2.71. The van der Waals surface area contributed by atoms with Crippen LogP contribution in [0.15, 0.2) is 12.3 Å². The van der Waals surface area contributed by atoms with Crippen LogP contribution in [0.4, 0.5) is 5.82 Å². The first kappa shape index (κ1) is 9.40. The number of nitrogens with one attached hydrogen (secondary N) is 1. The molecule has 3 N–H and O–H groups in total. The summed E-state index contributed by atoms with van der Waals surface area (Å²) < 4.78 is 0. The quantitative estimate of drug-likeness (QED) is 0.748. The zero-order valence-corrected chi connectivity index (χ0v) is 8.40. The Kier molecular flexibility index (Phi) is 2.63. The normalized spacial score (nSPS) is 25.6. The van der Waals surface area contributed by atoms with Crippen molar-refractivity contribution in [3.63, 3.8) is 0 Å². The molecule has 0 amide bonds. The summed E-state index contributed by atoms with van der Waals surface area (Å²) in [6.07, 6.45) is 4.08. The highest BCUT2D eigenvalue weighted by Gasteiger charge is 2.27. The molecule has 2 rings (SSSR count). The second-order valence-corrected chi connectivity index (χ2v) is 4.03. The van der Waals surface area contributed by atoms with Gasteiger partial charge in [0.1, 0.15) is 5.82 Å². The fraction of sp³-hybridized carbons (Fsp3) is 0.600. The monoisotopic (exact) mass is 192 g/mol. The maximum atomic E-state index is 5.56. The number of hydrogen-bond donors (Lipinski definition) is 2. The fourth-order valence-corrected chi connectivity index (χ4v) is 1.79. The minimum atomic E-state index is 0.541. The van der Waals surface area contributed by atoms with E-state index < -0.39 is 0 Å². The lowest BCUT2D eigenvalue weighted by Gasteiger charge is -2.35. The van der Waals surface area contributed by atoms with Gasteiger partial charge in [0.15, 0.2) is 0 Å². The Morgan fingerprint density at radius 3 is 3.00 bits per heavy atom. The van der Waals surface area contributed by atoms with E-state index in [1.165, 1.54) is 0 Å². The third-order valence-corrected chi connectivity index (χ3v) is 2.71. The van der Waals surface area contributed by atoms with Gasteiger partial charge in [-0.1, -0.05) is 0 Å². The first-order chi connectivity index (χ1) is 6.78. The van der Waals surface area contributed by atoms with Gasteiger partial charge in [0.2, 0.25) is 0 Å². The van der Waals surface area contributed by atoms with Crippen LogP contribution in [-0.2, 0) is 0 Å². The molecule has 0 spiro atoms. The second-order valence-electron chi connectivity index (χ2n) is 4.03. The maximum Gasteiger partial charge on any atom is 0.149 e. The molecule has 4 heteroatoms. The number of rotatable bonds is 3. The molecule has 76 valence electrons. The van der Waals surface area contributed by atoms with E-state index >= 15 is 0 Å². The predicted molar refractivity (Wildman–Crippen MR) is 56.0 cm³/mol. The van der Waals surface area contributed by atoms with Gasteiger partial charge in [0.05, 0.1) is 6.20 Å². The summed E-state index contributed by atoms with van der Waals surface area (Å²) in [5.74, 6) is 1.58. The molecular weight excluding hydrogens is 176 g/mol. The van der Waals surface area contributed by atoms with Crippen LogP contribution in [0.5, 0.6) is 0 Å². The molecule has 14 heavy (non-hydrogen) atoms. The van der Waals surface area contributed by atoms with E-state index in [2.05, 4.69) is 15.5 Å². The van der Waals surface area contributed by atoms with Gasteiger partial charge >= 0.3 is 0 Å². The van der Waals surface area contributed by atoms with E-state index in [-0.39, 0.29) is 0 Å². The topological polar surface area (TPSA) is 63.8 Å². The molecule has 1 aromatic rings. The van der Waals surface area contributed by atoms with Gasteiger partial charge in [-0.2, -0.15) is 5.10 Å². The minimum absolute atomic E-state index is 0.541. The van der Waals surface area contributed by atoms with Crippen LogP contribution >= 0.6 is 0 Å². The van der Waals surface area contributed by atoms with Crippen molar-refractivity contribution < 1.29 is 0 Å². The van der Waals surface area contributed by atoms with Crippen LogP contribution in [0.25, 0.3) is 0 Å². The van der Waals surface area contributed by atoms with Crippen LogP contribution in [0.3, 0.4) is 0 Å². The van der Waals surface area contributed by atoms with Crippen LogP contribution in [0.2, 0.25) is 0 Å². The molecular formula is C10H16N4. The lowest BCUT2D eigenvalue weighted by molar-refractivity contribution is 0.291. The number of aromatic nitrogens is 2. The molecule has 4 nitrogen and oxygen atoms in total. The largest absolute Gasteiger partial charge is 0.366 e. The smallest absolute Gasteiger partial charge is 0.149 e. The SMILES string of the molecule is Cc1cnnc(NC2CC(CN)C2)c1. The summed E-state index contributed by atoms with van der Waals surface area (Å²) in [6, 6.07) is 2.56. The predicted octanol–water partition coefficient (Wildman–Crippen LogP) is 0.934. The fourth-order valence-electron chi connectivity index (χ4n) is 1.79. The van der Waals surface area contributed by atoms with Gasteiger partial charge in [0, 0.05) is 6.04 Å². The molecule has 1 aromatic heterocycles. The van der Waals surface area contributed by atoms with E-state index in [9.17, 15) is 0 Å². The second kappa shape index (κ2) is 3.92. The summed E-state index contributed by atoms with van der Waals surface area (Å²) in [4.78, 5) is 0. The average molecular weight is 192 g/mol. The van der Waals surface area contributed by atoms with E-state index in [1.54, 1.807) is 6.20 Å². The van der Waals surface area contributed by atoms with Crippen molar-refractivity contribution >= 4 is 5.82 Å². The van der Waals surface area contributed by atoms with Crippen molar-refractivity contribution in [3.8, 4) is 0 Å². The van der Waals surface area contributed by atoms with Crippen molar-refractivity contribution in [2.24, 2.45) is 11.7 Å². The molecule has 0 bridgehead atoms. The number of nitrogens with two attached hydrogens (primary N) is 1. The average Bonchev–Trinajstić information content (AvgIpc) is 2.10.